The molecule has 0 aliphatic heterocycles. The van der Waals surface area contributed by atoms with Crippen molar-refractivity contribution in [3.63, 3.8) is 0 Å². The predicted molar refractivity (Wildman–Crippen MR) is 63.9 cm³/mol. The molecular formula is C9H7BrN2O3S. The molecule has 0 aromatic carbocycles. The SMILES string of the molecule is CCOC(=O)c1n[nH]c(=O)c2cc(Br)sc12. The smallest absolute Gasteiger partial charge is 0.360 e. The van der Waals surface area contributed by atoms with Crippen LogP contribution in [0.3, 0.4) is 0 Å². The van der Waals surface area contributed by atoms with Gasteiger partial charge in [0.1, 0.15) is 0 Å². The second-order valence-corrected chi connectivity index (χ2v) is 5.35. The van der Waals surface area contributed by atoms with Gasteiger partial charge in [-0.05, 0) is 28.9 Å². The topological polar surface area (TPSA) is 72.0 Å². The first-order chi connectivity index (χ1) is 7.63. The molecule has 0 bridgehead atoms. The molecule has 0 amide bonds. The number of H-pyrrole nitrogens is 1. The van der Waals surface area contributed by atoms with Crippen molar-refractivity contribution in [2.45, 2.75) is 6.92 Å². The van der Waals surface area contributed by atoms with Crippen LogP contribution in [0.15, 0.2) is 14.6 Å². The number of fused-ring (bicyclic) bond motifs is 1. The van der Waals surface area contributed by atoms with Crippen molar-refractivity contribution in [3.8, 4) is 0 Å². The molecule has 84 valence electrons. The Morgan fingerprint density at radius 3 is 3.12 bits per heavy atom. The van der Waals surface area contributed by atoms with Crippen LogP contribution in [-0.4, -0.2) is 22.8 Å². The van der Waals surface area contributed by atoms with Crippen LogP contribution in [0.25, 0.3) is 10.1 Å². The number of hydrogen-bond donors (Lipinski definition) is 1. The van der Waals surface area contributed by atoms with Crippen LogP contribution in [0.5, 0.6) is 0 Å². The number of hydrogen-bond acceptors (Lipinski definition) is 5. The maximum absolute atomic E-state index is 11.6. The van der Waals surface area contributed by atoms with Crippen molar-refractivity contribution in [1.82, 2.24) is 10.2 Å². The van der Waals surface area contributed by atoms with Gasteiger partial charge in [-0.15, -0.1) is 11.3 Å². The Labute approximate surface area is 103 Å². The zero-order valence-corrected chi connectivity index (χ0v) is 10.6. The molecule has 1 N–H and O–H groups in total. The van der Waals surface area contributed by atoms with Gasteiger partial charge in [-0.3, -0.25) is 4.79 Å². The van der Waals surface area contributed by atoms with Crippen molar-refractivity contribution in [3.05, 3.63) is 25.9 Å². The van der Waals surface area contributed by atoms with Gasteiger partial charge in [0.15, 0.2) is 5.69 Å². The second kappa shape index (κ2) is 4.34. The molecule has 5 nitrogen and oxygen atoms in total. The normalized spacial score (nSPS) is 10.6. The molecular weight excluding hydrogens is 296 g/mol. The molecule has 0 aliphatic rings. The second-order valence-electron chi connectivity index (χ2n) is 2.92. The quantitative estimate of drug-likeness (QED) is 0.860. The first kappa shape index (κ1) is 11.3. The van der Waals surface area contributed by atoms with E-state index in [-0.39, 0.29) is 17.9 Å². The largest absolute Gasteiger partial charge is 0.461 e. The number of halogens is 1. The van der Waals surface area contributed by atoms with Crippen LogP contribution in [-0.2, 0) is 4.74 Å². The van der Waals surface area contributed by atoms with Crippen molar-refractivity contribution < 1.29 is 9.53 Å². The number of aromatic nitrogens is 2. The zero-order chi connectivity index (χ0) is 11.7. The number of aromatic amines is 1. The molecule has 2 aromatic rings. The number of carbonyl (C=O) groups excluding carboxylic acids is 1. The lowest BCUT2D eigenvalue weighted by atomic mass is 10.3. The standard InChI is InChI=1S/C9H7BrN2O3S/c1-2-15-9(14)6-7-4(3-5(10)16-7)8(13)12-11-6/h3H,2H2,1H3,(H,12,13). The van der Waals surface area contributed by atoms with Gasteiger partial charge in [-0.1, -0.05) is 0 Å². The fraction of sp³-hybridized carbons (Fsp3) is 0.222. The first-order valence-electron chi connectivity index (χ1n) is 4.48. The molecule has 0 atom stereocenters. The highest BCUT2D eigenvalue weighted by Gasteiger charge is 2.17. The predicted octanol–water partition coefficient (Wildman–Crippen LogP) is 1.92. The summed E-state index contributed by atoms with van der Waals surface area (Å²) in [5.41, 5.74) is -0.169. The summed E-state index contributed by atoms with van der Waals surface area (Å²) in [6.45, 7) is 1.98. The summed E-state index contributed by atoms with van der Waals surface area (Å²) in [4.78, 5) is 23.0. The van der Waals surface area contributed by atoms with E-state index in [1.54, 1.807) is 13.0 Å². The van der Waals surface area contributed by atoms with Gasteiger partial charge < -0.3 is 4.74 Å². The molecule has 7 heteroatoms. The summed E-state index contributed by atoms with van der Waals surface area (Å²) in [5, 5.41) is 6.43. The highest BCUT2D eigenvalue weighted by Crippen LogP contribution is 2.29. The van der Waals surface area contributed by atoms with E-state index in [9.17, 15) is 9.59 Å². The minimum absolute atomic E-state index is 0.146. The number of esters is 1. The number of rotatable bonds is 2. The van der Waals surface area contributed by atoms with E-state index in [0.29, 0.717) is 10.1 Å². The van der Waals surface area contributed by atoms with E-state index in [2.05, 4.69) is 26.1 Å². The molecule has 2 rings (SSSR count). The van der Waals surface area contributed by atoms with Crippen molar-refractivity contribution in [2.75, 3.05) is 6.61 Å². The summed E-state index contributed by atoms with van der Waals surface area (Å²) < 4.78 is 6.16. The van der Waals surface area contributed by atoms with Crippen LogP contribution >= 0.6 is 27.3 Å². The molecule has 0 aliphatic carbocycles. The van der Waals surface area contributed by atoms with Gasteiger partial charge in [0, 0.05) is 0 Å². The van der Waals surface area contributed by atoms with Crippen LogP contribution in [0.1, 0.15) is 17.4 Å². The summed E-state index contributed by atoms with van der Waals surface area (Å²) >= 11 is 4.55. The Hall–Kier alpha value is -1.21. The highest BCUT2D eigenvalue weighted by molar-refractivity contribution is 9.11. The number of ether oxygens (including phenoxy) is 1. The van der Waals surface area contributed by atoms with Gasteiger partial charge in [0.25, 0.3) is 5.56 Å². The summed E-state index contributed by atoms with van der Waals surface area (Å²) in [6.07, 6.45) is 0. The Balaban J connectivity index is 2.67. The third kappa shape index (κ3) is 1.88. The zero-order valence-electron chi connectivity index (χ0n) is 8.24. The van der Waals surface area contributed by atoms with Gasteiger partial charge in [0.2, 0.25) is 0 Å². The number of nitrogens with one attached hydrogen (secondary N) is 1. The van der Waals surface area contributed by atoms with Crippen LogP contribution in [0.2, 0.25) is 0 Å². The lowest BCUT2D eigenvalue weighted by Gasteiger charge is -2.00. The van der Waals surface area contributed by atoms with E-state index in [1.807, 2.05) is 0 Å². The van der Waals surface area contributed by atoms with Gasteiger partial charge in [0.05, 0.1) is 20.5 Å². The average Bonchev–Trinajstić information content (AvgIpc) is 2.61. The van der Waals surface area contributed by atoms with Crippen molar-refractivity contribution in [2.24, 2.45) is 0 Å². The highest BCUT2D eigenvalue weighted by atomic mass is 79.9. The summed E-state index contributed by atoms with van der Waals surface area (Å²) in [5.74, 6) is -0.530. The number of nitrogens with zero attached hydrogens (tertiary/aromatic N) is 1. The third-order valence-electron chi connectivity index (χ3n) is 1.90. The molecule has 0 unspecified atom stereocenters. The van der Waals surface area contributed by atoms with E-state index in [4.69, 9.17) is 4.74 Å². The summed E-state index contributed by atoms with van der Waals surface area (Å²) in [6, 6.07) is 1.66. The number of thiophene rings is 1. The minimum atomic E-state index is -0.530. The molecule has 0 spiro atoms. The Morgan fingerprint density at radius 1 is 1.69 bits per heavy atom. The molecule has 0 fully saturated rings. The molecule has 2 heterocycles. The van der Waals surface area contributed by atoms with Crippen LogP contribution in [0, 0.1) is 0 Å². The lowest BCUT2D eigenvalue weighted by Crippen LogP contribution is -2.14. The lowest BCUT2D eigenvalue weighted by molar-refractivity contribution is 0.0521. The maximum atomic E-state index is 11.6. The van der Waals surface area contributed by atoms with E-state index >= 15 is 0 Å². The van der Waals surface area contributed by atoms with E-state index < -0.39 is 5.97 Å². The summed E-state index contributed by atoms with van der Waals surface area (Å²) in [7, 11) is 0. The minimum Gasteiger partial charge on any atom is -0.461 e. The average molecular weight is 303 g/mol. The fourth-order valence-electron chi connectivity index (χ4n) is 1.26. The molecule has 0 saturated heterocycles. The fourth-order valence-corrected chi connectivity index (χ4v) is 2.83. The Kier molecular flexibility index (Phi) is 3.06. The molecule has 16 heavy (non-hydrogen) atoms. The van der Waals surface area contributed by atoms with Gasteiger partial charge >= 0.3 is 5.97 Å². The molecule has 2 aromatic heterocycles. The maximum Gasteiger partial charge on any atom is 0.360 e. The third-order valence-corrected chi connectivity index (χ3v) is 3.54. The van der Waals surface area contributed by atoms with Crippen LogP contribution in [0.4, 0.5) is 0 Å². The van der Waals surface area contributed by atoms with Gasteiger partial charge in [-0.25, -0.2) is 9.89 Å². The van der Waals surface area contributed by atoms with Gasteiger partial charge in [-0.2, -0.15) is 5.10 Å². The Morgan fingerprint density at radius 2 is 2.44 bits per heavy atom. The Bertz CT molecular complexity index is 604. The monoisotopic (exact) mass is 302 g/mol. The molecule has 0 saturated carbocycles. The van der Waals surface area contributed by atoms with E-state index in [0.717, 1.165) is 3.79 Å². The van der Waals surface area contributed by atoms with Crippen molar-refractivity contribution in [1.29, 1.82) is 0 Å². The first-order valence-corrected chi connectivity index (χ1v) is 6.09. The van der Waals surface area contributed by atoms with E-state index in [1.165, 1.54) is 11.3 Å². The van der Waals surface area contributed by atoms with Crippen LogP contribution < -0.4 is 5.56 Å². The number of carbonyl (C=O) groups is 1. The molecule has 0 radical (unpaired) electrons. The van der Waals surface area contributed by atoms with Crippen molar-refractivity contribution >= 4 is 43.3 Å².